The number of hydrogen-bond donors (Lipinski definition) is 2. The van der Waals surface area contributed by atoms with Crippen molar-refractivity contribution in [2.24, 2.45) is 0 Å². The first kappa shape index (κ1) is 15.0. The molecule has 20 heavy (non-hydrogen) atoms. The van der Waals surface area contributed by atoms with Crippen LogP contribution in [-0.2, 0) is 16.6 Å². The van der Waals surface area contributed by atoms with E-state index in [4.69, 9.17) is 5.73 Å². The van der Waals surface area contributed by atoms with Crippen molar-refractivity contribution in [3.05, 3.63) is 58.1 Å². The average molecular weight is 355 g/mol. The number of aryl methyl sites for hydroxylation is 1. The molecule has 0 radical (unpaired) electrons. The first-order valence-corrected chi connectivity index (χ1v) is 8.26. The van der Waals surface area contributed by atoms with Crippen molar-refractivity contribution in [3.8, 4) is 0 Å². The van der Waals surface area contributed by atoms with Gasteiger partial charge in [-0.15, -0.1) is 0 Å². The van der Waals surface area contributed by atoms with Crippen molar-refractivity contribution in [2.75, 3.05) is 5.73 Å². The molecule has 2 aromatic carbocycles. The summed E-state index contributed by atoms with van der Waals surface area (Å²) in [6.07, 6.45) is 0. The SMILES string of the molecule is Cc1ccc(CNS(=O)(=O)c2ccc(N)cc2Br)cc1. The zero-order valence-corrected chi connectivity index (χ0v) is 13.3. The number of nitrogens with one attached hydrogen (secondary N) is 1. The lowest BCUT2D eigenvalue weighted by atomic mass is 10.2. The maximum Gasteiger partial charge on any atom is 0.241 e. The summed E-state index contributed by atoms with van der Waals surface area (Å²) in [6, 6.07) is 12.3. The molecule has 0 saturated heterocycles. The Labute approximate surface area is 127 Å². The zero-order chi connectivity index (χ0) is 14.8. The van der Waals surface area contributed by atoms with Crippen molar-refractivity contribution in [3.63, 3.8) is 0 Å². The fourth-order valence-electron chi connectivity index (χ4n) is 1.70. The number of hydrogen-bond acceptors (Lipinski definition) is 3. The smallest absolute Gasteiger partial charge is 0.241 e. The van der Waals surface area contributed by atoms with Crippen LogP contribution in [0.25, 0.3) is 0 Å². The largest absolute Gasteiger partial charge is 0.399 e. The Morgan fingerprint density at radius 1 is 1.15 bits per heavy atom. The molecule has 2 aromatic rings. The summed E-state index contributed by atoms with van der Waals surface area (Å²) in [5.41, 5.74) is 8.16. The Kier molecular flexibility index (Phi) is 4.47. The Hall–Kier alpha value is -1.37. The van der Waals surface area contributed by atoms with Crippen LogP contribution in [0.15, 0.2) is 51.8 Å². The van der Waals surface area contributed by atoms with Gasteiger partial charge in [-0.05, 0) is 46.6 Å². The number of rotatable bonds is 4. The van der Waals surface area contributed by atoms with Gasteiger partial charge in [-0.2, -0.15) is 0 Å². The van der Waals surface area contributed by atoms with Crippen molar-refractivity contribution in [2.45, 2.75) is 18.4 Å². The van der Waals surface area contributed by atoms with E-state index in [0.717, 1.165) is 11.1 Å². The van der Waals surface area contributed by atoms with Crippen LogP contribution >= 0.6 is 15.9 Å². The Balaban J connectivity index is 2.17. The lowest BCUT2D eigenvalue weighted by Crippen LogP contribution is -2.23. The molecule has 0 atom stereocenters. The molecule has 0 aliphatic rings. The third kappa shape index (κ3) is 3.59. The van der Waals surface area contributed by atoms with E-state index in [0.29, 0.717) is 10.2 Å². The summed E-state index contributed by atoms with van der Waals surface area (Å²) in [5.74, 6) is 0. The van der Waals surface area contributed by atoms with Crippen molar-refractivity contribution in [1.29, 1.82) is 0 Å². The molecule has 0 aromatic heterocycles. The van der Waals surface area contributed by atoms with Gasteiger partial charge in [0.1, 0.15) is 0 Å². The van der Waals surface area contributed by atoms with Gasteiger partial charge in [0.25, 0.3) is 0 Å². The molecule has 3 N–H and O–H groups in total. The van der Waals surface area contributed by atoms with Crippen LogP contribution in [0.3, 0.4) is 0 Å². The van der Waals surface area contributed by atoms with Gasteiger partial charge in [0.05, 0.1) is 4.90 Å². The van der Waals surface area contributed by atoms with Gasteiger partial charge >= 0.3 is 0 Å². The Bertz CT molecular complexity index is 712. The molecule has 0 fully saturated rings. The van der Waals surface area contributed by atoms with Crippen LogP contribution in [0.1, 0.15) is 11.1 Å². The summed E-state index contributed by atoms with van der Waals surface area (Å²) in [6.45, 7) is 2.23. The fraction of sp³-hybridized carbons (Fsp3) is 0.143. The summed E-state index contributed by atoms with van der Waals surface area (Å²) < 4.78 is 27.5. The summed E-state index contributed by atoms with van der Waals surface area (Å²) in [4.78, 5) is 0.179. The quantitative estimate of drug-likeness (QED) is 0.829. The molecule has 0 unspecified atom stereocenters. The van der Waals surface area contributed by atoms with E-state index >= 15 is 0 Å². The Morgan fingerprint density at radius 2 is 1.80 bits per heavy atom. The van der Waals surface area contributed by atoms with Gasteiger partial charge in [0.2, 0.25) is 10.0 Å². The minimum Gasteiger partial charge on any atom is -0.399 e. The van der Waals surface area contributed by atoms with Gasteiger partial charge in [0, 0.05) is 16.7 Å². The fourth-order valence-corrected chi connectivity index (χ4v) is 3.81. The number of halogens is 1. The number of sulfonamides is 1. The molecule has 0 saturated carbocycles. The van der Waals surface area contributed by atoms with Crippen LogP contribution in [0.2, 0.25) is 0 Å². The maximum atomic E-state index is 12.2. The minimum absolute atomic E-state index is 0.179. The third-order valence-corrected chi connectivity index (χ3v) is 5.21. The number of anilines is 1. The molecule has 0 bridgehead atoms. The molecule has 106 valence electrons. The second-order valence-corrected chi connectivity index (χ2v) is 7.09. The number of nitrogen functional groups attached to an aromatic ring is 1. The van der Waals surface area contributed by atoms with Crippen LogP contribution in [-0.4, -0.2) is 8.42 Å². The summed E-state index contributed by atoms with van der Waals surface area (Å²) in [7, 11) is -3.57. The predicted molar refractivity (Wildman–Crippen MR) is 83.8 cm³/mol. The van der Waals surface area contributed by atoms with Crippen LogP contribution in [0.5, 0.6) is 0 Å². The van der Waals surface area contributed by atoms with Gasteiger partial charge in [-0.1, -0.05) is 29.8 Å². The van der Waals surface area contributed by atoms with E-state index in [-0.39, 0.29) is 11.4 Å². The van der Waals surface area contributed by atoms with E-state index in [1.54, 1.807) is 12.1 Å². The van der Waals surface area contributed by atoms with Gasteiger partial charge < -0.3 is 5.73 Å². The second kappa shape index (κ2) is 5.95. The first-order valence-electron chi connectivity index (χ1n) is 5.99. The summed E-state index contributed by atoms with van der Waals surface area (Å²) in [5, 5.41) is 0. The maximum absolute atomic E-state index is 12.2. The number of nitrogens with two attached hydrogens (primary N) is 1. The highest BCUT2D eigenvalue weighted by Gasteiger charge is 2.17. The molecule has 2 rings (SSSR count). The lowest BCUT2D eigenvalue weighted by Gasteiger charge is -2.09. The first-order chi connectivity index (χ1) is 9.38. The van der Waals surface area contributed by atoms with Crippen molar-refractivity contribution < 1.29 is 8.42 Å². The molecule has 0 aliphatic carbocycles. The van der Waals surface area contributed by atoms with E-state index in [9.17, 15) is 8.42 Å². The normalized spacial score (nSPS) is 11.5. The van der Waals surface area contributed by atoms with Crippen LogP contribution in [0.4, 0.5) is 5.69 Å². The van der Waals surface area contributed by atoms with E-state index in [1.807, 2.05) is 31.2 Å². The standard InChI is InChI=1S/C14H15BrN2O2S/c1-10-2-4-11(5-3-10)9-17-20(18,19)14-7-6-12(16)8-13(14)15/h2-8,17H,9,16H2,1H3. The molecule has 0 spiro atoms. The monoisotopic (exact) mass is 354 g/mol. The van der Waals surface area contributed by atoms with E-state index in [2.05, 4.69) is 20.7 Å². The van der Waals surface area contributed by atoms with E-state index in [1.165, 1.54) is 6.07 Å². The molecule has 0 aliphatic heterocycles. The highest BCUT2D eigenvalue weighted by atomic mass is 79.9. The van der Waals surface area contributed by atoms with Gasteiger partial charge in [-0.3, -0.25) is 0 Å². The minimum atomic E-state index is -3.57. The molecule has 6 heteroatoms. The molecular weight excluding hydrogens is 340 g/mol. The van der Waals surface area contributed by atoms with Crippen LogP contribution in [0, 0.1) is 6.92 Å². The predicted octanol–water partition coefficient (Wildman–Crippen LogP) is 2.82. The lowest BCUT2D eigenvalue weighted by molar-refractivity contribution is 0.581. The molecule has 4 nitrogen and oxygen atoms in total. The van der Waals surface area contributed by atoms with Crippen molar-refractivity contribution >= 4 is 31.6 Å². The number of benzene rings is 2. The topological polar surface area (TPSA) is 72.2 Å². The second-order valence-electron chi connectivity index (χ2n) is 4.50. The zero-order valence-electron chi connectivity index (χ0n) is 10.9. The average Bonchev–Trinajstić information content (AvgIpc) is 2.37. The Morgan fingerprint density at radius 3 is 2.40 bits per heavy atom. The summed E-state index contributed by atoms with van der Waals surface area (Å²) >= 11 is 3.22. The van der Waals surface area contributed by atoms with Gasteiger partial charge in [0.15, 0.2) is 0 Å². The van der Waals surface area contributed by atoms with Crippen molar-refractivity contribution in [1.82, 2.24) is 4.72 Å². The molecule has 0 heterocycles. The molecular formula is C14H15BrN2O2S. The van der Waals surface area contributed by atoms with E-state index < -0.39 is 10.0 Å². The molecule has 0 amide bonds. The van der Waals surface area contributed by atoms with Gasteiger partial charge in [-0.25, -0.2) is 13.1 Å². The third-order valence-electron chi connectivity index (χ3n) is 2.83. The van der Waals surface area contributed by atoms with Crippen LogP contribution < -0.4 is 10.5 Å². The highest BCUT2D eigenvalue weighted by molar-refractivity contribution is 9.10. The highest BCUT2D eigenvalue weighted by Crippen LogP contribution is 2.24.